The molecule has 1 fully saturated rings. The zero-order valence-electron chi connectivity index (χ0n) is 14.1. The molecule has 2 heterocycles. The van der Waals surface area contributed by atoms with E-state index in [1.54, 1.807) is 0 Å². The lowest BCUT2D eigenvalue weighted by atomic mass is 9.75. The van der Waals surface area contributed by atoms with E-state index in [0.29, 0.717) is 29.8 Å². The van der Waals surface area contributed by atoms with Gasteiger partial charge in [0.05, 0.1) is 6.54 Å². The minimum atomic E-state index is 0.396. The van der Waals surface area contributed by atoms with E-state index in [1.807, 2.05) is 0 Å². The van der Waals surface area contributed by atoms with Crippen molar-refractivity contribution in [3.8, 4) is 0 Å². The lowest BCUT2D eigenvalue weighted by Gasteiger charge is -2.38. The molecular formula is C16H30N4O. The zero-order valence-corrected chi connectivity index (χ0v) is 14.1. The summed E-state index contributed by atoms with van der Waals surface area (Å²) in [6, 6.07) is 0.684. The molecule has 1 saturated heterocycles. The number of piperidine rings is 1. The Morgan fingerprint density at radius 3 is 2.48 bits per heavy atom. The highest BCUT2D eigenvalue weighted by Gasteiger charge is 2.30. The summed E-state index contributed by atoms with van der Waals surface area (Å²) in [4.78, 5) is 2.22. The van der Waals surface area contributed by atoms with Crippen LogP contribution >= 0.6 is 0 Å². The lowest BCUT2D eigenvalue weighted by molar-refractivity contribution is 0.196. The molecule has 0 bridgehead atoms. The van der Waals surface area contributed by atoms with Crippen LogP contribution in [0, 0.1) is 17.3 Å². The highest BCUT2D eigenvalue weighted by molar-refractivity contribution is 5.24. The lowest BCUT2D eigenvalue weighted by Crippen LogP contribution is -2.38. The fourth-order valence-corrected chi connectivity index (χ4v) is 2.85. The van der Waals surface area contributed by atoms with E-state index < -0.39 is 0 Å². The van der Waals surface area contributed by atoms with Gasteiger partial charge in [-0.15, -0.1) is 5.10 Å². The summed E-state index contributed by atoms with van der Waals surface area (Å²) in [6.45, 7) is 15.0. The second-order valence-electron chi connectivity index (χ2n) is 7.63. The average molecular weight is 294 g/mol. The molecule has 0 aromatic carbocycles. The minimum absolute atomic E-state index is 0.396. The molecule has 0 aliphatic carbocycles. The molecule has 120 valence electrons. The first-order chi connectivity index (χ1) is 9.86. The van der Waals surface area contributed by atoms with Crippen molar-refractivity contribution in [1.82, 2.24) is 15.5 Å². The number of hydrogen-bond acceptors (Lipinski definition) is 5. The number of aromatic nitrogens is 2. The summed E-state index contributed by atoms with van der Waals surface area (Å²) in [5, 5.41) is 11.7. The van der Waals surface area contributed by atoms with Gasteiger partial charge in [0.25, 0.3) is 0 Å². The Bertz CT molecular complexity index is 428. The summed E-state index contributed by atoms with van der Waals surface area (Å²) in [7, 11) is 0. The van der Waals surface area contributed by atoms with Gasteiger partial charge in [-0.1, -0.05) is 39.7 Å². The Balaban J connectivity index is 1.83. The van der Waals surface area contributed by atoms with Gasteiger partial charge in [-0.2, -0.15) is 0 Å². The van der Waals surface area contributed by atoms with Gasteiger partial charge in [0, 0.05) is 13.1 Å². The highest BCUT2D eigenvalue weighted by atomic mass is 16.4. The van der Waals surface area contributed by atoms with Crippen LogP contribution in [0.25, 0.3) is 0 Å². The fraction of sp³-hybridized carbons (Fsp3) is 0.875. The predicted molar refractivity (Wildman–Crippen MR) is 85.2 cm³/mol. The first-order valence-corrected chi connectivity index (χ1v) is 8.14. The Labute approximate surface area is 128 Å². The Morgan fingerprint density at radius 2 is 1.90 bits per heavy atom. The van der Waals surface area contributed by atoms with Gasteiger partial charge in [-0.3, -0.25) is 0 Å². The number of hydrogen-bond donors (Lipinski definition) is 1. The molecule has 0 spiro atoms. The van der Waals surface area contributed by atoms with E-state index >= 15 is 0 Å². The second-order valence-corrected chi connectivity index (χ2v) is 7.63. The van der Waals surface area contributed by atoms with Crippen LogP contribution in [0.15, 0.2) is 4.42 Å². The third kappa shape index (κ3) is 4.70. The molecule has 0 saturated carbocycles. The topological polar surface area (TPSA) is 54.2 Å². The van der Waals surface area contributed by atoms with Crippen LogP contribution in [0.3, 0.4) is 0 Å². The van der Waals surface area contributed by atoms with Crippen LogP contribution < -0.4 is 10.2 Å². The van der Waals surface area contributed by atoms with E-state index in [2.05, 4.69) is 55.0 Å². The average Bonchev–Trinajstić information content (AvgIpc) is 2.86. The van der Waals surface area contributed by atoms with Gasteiger partial charge in [0.2, 0.25) is 5.89 Å². The van der Waals surface area contributed by atoms with Crippen molar-refractivity contribution in [3.05, 3.63) is 5.89 Å². The van der Waals surface area contributed by atoms with Gasteiger partial charge in [0.1, 0.15) is 0 Å². The minimum Gasteiger partial charge on any atom is -0.407 e. The van der Waals surface area contributed by atoms with Crippen molar-refractivity contribution in [1.29, 1.82) is 0 Å². The largest absolute Gasteiger partial charge is 0.407 e. The van der Waals surface area contributed by atoms with Crippen LogP contribution in [0.4, 0.5) is 6.01 Å². The smallest absolute Gasteiger partial charge is 0.318 e. The maximum atomic E-state index is 5.77. The summed E-state index contributed by atoms with van der Waals surface area (Å²) in [5.41, 5.74) is 0.396. The maximum absolute atomic E-state index is 5.77. The number of nitrogens with one attached hydrogen (secondary N) is 1. The van der Waals surface area contributed by atoms with E-state index in [0.717, 1.165) is 25.6 Å². The van der Waals surface area contributed by atoms with Crippen molar-refractivity contribution >= 4 is 6.01 Å². The van der Waals surface area contributed by atoms with E-state index in [4.69, 9.17) is 4.42 Å². The predicted octanol–water partition coefficient (Wildman–Crippen LogP) is 3.08. The van der Waals surface area contributed by atoms with Gasteiger partial charge in [-0.25, -0.2) is 0 Å². The molecule has 21 heavy (non-hydrogen) atoms. The molecule has 2 rings (SSSR count). The van der Waals surface area contributed by atoms with E-state index in [-0.39, 0.29) is 0 Å². The Kier molecular flexibility index (Phi) is 5.25. The van der Waals surface area contributed by atoms with Crippen molar-refractivity contribution in [2.75, 3.05) is 24.5 Å². The van der Waals surface area contributed by atoms with Crippen LogP contribution in [-0.4, -0.2) is 29.8 Å². The third-order valence-corrected chi connectivity index (χ3v) is 4.28. The molecule has 0 radical (unpaired) electrons. The molecule has 0 unspecified atom stereocenters. The zero-order chi connectivity index (χ0) is 15.5. The first kappa shape index (κ1) is 16.3. The quantitative estimate of drug-likeness (QED) is 0.904. The molecule has 1 aromatic heterocycles. The summed E-state index contributed by atoms with van der Waals surface area (Å²) < 4.78 is 5.77. The monoisotopic (exact) mass is 294 g/mol. The number of rotatable bonds is 5. The van der Waals surface area contributed by atoms with Crippen molar-refractivity contribution < 1.29 is 4.42 Å². The van der Waals surface area contributed by atoms with E-state index in [9.17, 15) is 0 Å². The molecule has 5 heteroatoms. The summed E-state index contributed by atoms with van der Waals surface area (Å²) >= 11 is 0. The highest BCUT2D eigenvalue weighted by Crippen LogP contribution is 2.35. The van der Waals surface area contributed by atoms with Crippen LogP contribution in [-0.2, 0) is 6.54 Å². The van der Waals surface area contributed by atoms with Gasteiger partial charge in [0.15, 0.2) is 0 Å². The van der Waals surface area contributed by atoms with Crippen LogP contribution in [0.2, 0.25) is 0 Å². The van der Waals surface area contributed by atoms with Crippen LogP contribution in [0.5, 0.6) is 0 Å². The first-order valence-electron chi connectivity index (χ1n) is 8.14. The van der Waals surface area contributed by atoms with Crippen molar-refractivity contribution in [2.45, 2.75) is 54.0 Å². The van der Waals surface area contributed by atoms with E-state index in [1.165, 1.54) is 12.8 Å². The van der Waals surface area contributed by atoms with Gasteiger partial charge in [-0.05, 0) is 36.6 Å². The fourth-order valence-electron chi connectivity index (χ4n) is 2.85. The summed E-state index contributed by atoms with van der Waals surface area (Å²) in [5.74, 6) is 2.09. The number of nitrogens with zero attached hydrogens (tertiary/aromatic N) is 3. The third-order valence-electron chi connectivity index (χ3n) is 4.28. The number of anilines is 1. The van der Waals surface area contributed by atoms with Crippen molar-refractivity contribution in [2.24, 2.45) is 17.3 Å². The standard InChI is InChI=1S/C16H30N4O/c1-12(2)10-17-11-14-18-19-15(21-14)20-8-6-13(7-9-20)16(3,4)5/h12-13,17H,6-11H2,1-5H3. The maximum Gasteiger partial charge on any atom is 0.318 e. The SMILES string of the molecule is CC(C)CNCc1nnc(N2CCC(C(C)(C)C)CC2)o1. The normalized spacial score (nSPS) is 17.7. The molecule has 0 amide bonds. The molecular weight excluding hydrogens is 264 g/mol. The molecule has 1 aliphatic heterocycles. The molecule has 5 nitrogen and oxygen atoms in total. The molecule has 1 N–H and O–H groups in total. The van der Waals surface area contributed by atoms with Gasteiger partial charge < -0.3 is 14.6 Å². The molecule has 1 aromatic rings. The molecule has 1 aliphatic rings. The Hall–Kier alpha value is -1.10. The second kappa shape index (κ2) is 6.77. The Morgan fingerprint density at radius 1 is 1.24 bits per heavy atom. The molecule has 0 atom stereocenters. The van der Waals surface area contributed by atoms with Crippen molar-refractivity contribution in [3.63, 3.8) is 0 Å². The van der Waals surface area contributed by atoms with Gasteiger partial charge >= 0.3 is 6.01 Å². The van der Waals surface area contributed by atoms with Crippen LogP contribution in [0.1, 0.15) is 53.4 Å². The summed E-state index contributed by atoms with van der Waals surface area (Å²) in [6.07, 6.45) is 2.40.